The topological polar surface area (TPSA) is 80.6 Å². The minimum Gasteiger partial charge on any atom is -0.495 e. The third kappa shape index (κ3) is 3.50. The molecule has 1 aliphatic rings. The van der Waals surface area contributed by atoms with Crippen molar-refractivity contribution in [2.45, 2.75) is 37.6 Å². The van der Waals surface area contributed by atoms with Crippen LogP contribution in [0.1, 0.15) is 53.7 Å². The van der Waals surface area contributed by atoms with E-state index < -0.39 is 23.2 Å². The number of hydrogen-bond donors (Lipinski definition) is 2. The number of carboxylic acids is 1. The van der Waals surface area contributed by atoms with Gasteiger partial charge in [-0.25, -0.2) is 4.39 Å². The van der Waals surface area contributed by atoms with Crippen LogP contribution in [0.15, 0.2) is 36.4 Å². The average molecular weight is 459 g/mol. The van der Waals surface area contributed by atoms with Gasteiger partial charge in [0, 0.05) is 18.0 Å². The van der Waals surface area contributed by atoms with Gasteiger partial charge in [0.2, 0.25) is 0 Å². The lowest BCUT2D eigenvalue weighted by molar-refractivity contribution is -0.138. The SMILES string of the molecule is COc1ccc2c(cc(C(=O)NC3(c4ccc(C(C)C(=O)O)cc4F)CCC3)n2C)c1Cl. The number of amides is 1. The summed E-state index contributed by atoms with van der Waals surface area (Å²) in [4.78, 5) is 24.5. The van der Waals surface area contributed by atoms with E-state index in [1.807, 2.05) is 6.07 Å². The normalized spacial score (nSPS) is 15.8. The number of ether oxygens (including phenoxy) is 1. The number of carbonyl (C=O) groups is 2. The Labute approximate surface area is 189 Å². The zero-order valence-corrected chi connectivity index (χ0v) is 18.8. The van der Waals surface area contributed by atoms with E-state index >= 15 is 4.39 Å². The predicted molar refractivity (Wildman–Crippen MR) is 120 cm³/mol. The Bertz CT molecular complexity index is 1230. The van der Waals surface area contributed by atoms with Crippen LogP contribution in [-0.4, -0.2) is 28.7 Å². The molecule has 0 radical (unpaired) electrons. The van der Waals surface area contributed by atoms with E-state index in [9.17, 15) is 14.7 Å². The molecule has 1 amide bonds. The van der Waals surface area contributed by atoms with Crippen molar-refractivity contribution in [3.8, 4) is 5.75 Å². The van der Waals surface area contributed by atoms with Crippen LogP contribution in [0, 0.1) is 5.82 Å². The molecule has 1 unspecified atom stereocenters. The van der Waals surface area contributed by atoms with Gasteiger partial charge in [0.1, 0.15) is 17.3 Å². The number of halogens is 2. The Balaban J connectivity index is 1.67. The molecule has 1 atom stereocenters. The number of hydrogen-bond acceptors (Lipinski definition) is 3. The van der Waals surface area contributed by atoms with Gasteiger partial charge >= 0.3 is 5.97 Å². The summed E-state index contributed by atoms with van der Waals surface area (Å²) in [5.41, 5.74) is 1.11. The molecular formula is C24H24ClFN2O4. The van der Waals surface area contributed by atoms with Gasteiger partial charge in [0.15, 0.2) is 0 Å². The number of carbonyl (C=O) groups excluding carboxylic acids is 1. The zero-order chi connectivity index (χ0) is 23.2. The van der Waals surface area contributed by atoms with E-state index in [0.717, 1.165) is 11.9 Å². The molecule has 0 saturated heterocycles. The smallest absolute Gasteiger partial charge is 0.310 e. The Hall–Kier alpha value is -3.06. The number of fused-ring (bicyclic) bond motifs is 1. The molecule has 1 heterocycles. The Morgan fingerprint density at radius 2 is 1.97 bits per heavy atom. The van der Waals surface area contributed by atoms with Crippen LogP contribution in [0.2, 0.25) is 5.02 Å². The van der Waals surface area contributed by atoms with Crippen LogP contribution in [0.25, 0.3) is 10.9 Å². The molecule has 8 heteroatoms. The van der Waals surface area contributed by atoms with Crippen molar-refractivity contribution < 1.29 is 23.8 Å². The highest BCUT2D eigenvalue weighted by atomic mass is 35.5. The van der Waals surface area contributed by atoms with Crippen LogP contribution in [0.3, 0.4) is 0 Å². The number of aromatic nitrogens is 1. The molecule has 32 heavy (non-hydrogen) atoms. The molecule has 4 rings (SSSR count). The first-order valence-electron chi connectivity index (χ1n) is 10.4. The largest absolute Gasteiger partial charge is 0.495 e. The first kappa shape index (κ1) is 22.1. The third-order valence-electron chi connectivity index (χ3n) is 6.52. The molecule has 3 aromatic rings. The van der Waals surface area contributed by atoms with Crippen LogP contribution in [0.4, 0.5) is 4.39 Å². The Morgan fingerprint density at radius 3 is 2.53 bits per heavy atom. The number of nitrogens with one attached hydrogen (secondary N) is 1. The van der Waals surface area contributed by atoms with E-state index in [1.165, 1.54) is 20.1 Å². The maximum atomic E-state index is 15.0. The van der Waals surface area contributed by atoms with E-state index in [1.54, 1.807) is 35.9 Å². The second kappa shape index (κ2) is 8.13. The van der Waals surface area contributed by atoms with Crippen molar-refractivity contribution in [1.29, 1.82) is 0 Å². The minimum atomic E-state index is -1.02. The van der Waals surface area contributed by atoms with Crippen LogP contribution in [-0.2, 0) is 17.4 Å². The van der Waals surface area contributed by atoms with Gasteiger partial charge in [-0.05, 0) is 56.0 Å². The quantitative estimate of drug-likeness (QED) is 0.546. The molecule has 2 aromatic carbocycles. The fourth-order valence-corrected chi connectivity index (χ4v) is 4.63. The molecule has 1 saturated carbocycles. The summed E-state index contributed by atoms with van der Waals surface area (Å²) in [6, 6.07) is 9.74. The fraction of sp³-hybridized carbons (Fsp3) is 0.333. The van der Waals surface area contributed by atoms with Gasteiger partial charge in [0.05, 0.1) is 29.1 Å². The van der Waals surface area contributed by atoms with Crippen molar-refractivity contribution in [3.05, 3.63) is 64.1 Å². The number of aliphatic carboxylic acids is 1. The van der Waals surface area contributed by atoms with Crippen molar-refractivity contribution in [2.75, 3.05) is 7.11 Å². The lowest BCUT2D eigenvalue weighted by Crippen LogP contribution is -2.51. The van der Waals surface area contributed by atoms with Gasteiger partial charge in [0.25, 0.3) is 5.91 Å². The summed E-state index contributed by atoms with van der Waals surface area (Å²) < 4.78 is 22.1. The lowest BCUT2D eigenvalue weighted by Gasteiger charge is -2.43. The number of benzene rings is 2. The maximum absolute atomic E-state index is 15.0. The van der Waals surface area contributed by atoms with Crippen LogP contribution in [0.5, 0.6) is 5.75 Å². The van der Waals surface area contributed by atoms with Crippen molar-refractivity contribution in [1.82, 2.24) is 9.88 Å². The van der Waals surface area contributed by atoms with Gasteiger partial charge in [-0.15, -0.1) is 0 Å². The van der Waals surface area contributed by atoms with Gasteiger partial charge < -0.3 is 19.7 Å². The molecule has 6 nitrogen and oxygen atoms in total. The van der Waals surface area contributed by atoms with Crippen molar-refractivity contribution in [2.24, 2.45) is 7.05 Å². The highest BCUT2D eigenvalue weighted by Gasteiger charge is 2.42. The van der Waals surface area contributed by atoms with Crippen LogP contribution >= 0.6 is 11.6 Å². The summed E-state index contributed by atoms with van der Waals surface area (Å²) in [7, 11) is 3.30. The fourth-order valence-electron chi connectivity index (χ4n) is 4.34. The molecule has 2 N–H and O–H groups in total. The van der Waals surface area contributed by atoms with E-state index in [-0.39, 0.29) is 5.91 Å². The molecule has 168 valence electrons. The minimum absolute atomic E-state index is 0.333. The van der Waals surface area contributed by atoms with Gasteiger partial charge in [-0.1, -0.05) is 23.7 Å². The number of rotatable bonds is 6. The number of carboxylic acid groups (broad SMARTS) is 1. The first-order valence-corrected chi connectivity index (χ1v) is 10.7. The predicted octanol–water partition coefficient (Wildman–Crippen LogP) is 4.98. The van der Waals surface area contributed by atoms with E-state index in [2.05, 4.69) is 5.32 Å². The average Bonchev–Trinajstić information content (AvgIpc) is 3.08. The van der Waals surface area contributed by atoms with E-state index in [4.69, 9.17) is 16.3 Å². The summed E-state index contributed by atoms with van der Waals surface area (Å²) in [6.45, 7) is 1.51. The second-order valence-electron chi connectivity index (χ2n) is 8.29. The second-order valence-corrected chi connectivity index (χ2v) is 8.67. The Morgan fingerprint density at radius 1 is 1.25 bits per heavy atom. The van der Waals surface area contributed by atoms with Crippen molar-refractivity contribution >= 4 is 34.4 Å². The monoisotopic (exact) mass is 458 g/mol. The molecule has 0 bridgehead atoms. The summed E-state index contributed by atoms with van der Waals surface area (Å²) in [6.07, 6.45) is 2.05. The maximum Gasteiger partial charge on any atom is 0.310 e. The first-order chi connectivity index (χ1) is 15.2. The molecule has 1 aliphatic carbocycles. The van der Waals surface area contributed by atoms with Crippen LogP contribution < -0.4 is 10.1 Å². The number of aryl methyl sites for hydroxylation is 1. The highest BCUT2D eigenvalue weighted by Crippen LogP contribution is 2.43. The van der Waals surface area contributed by atoms with Gasteiger partial charge in [-0.2, -0.15) is 0 Å². The van der Waals surface area contributed by atoms with Gasteiger partial charge in [-0.3, -0.25) is 9.59 Å². The standard InChI is InChI=1S/C24H24ClFN2O4/c1-13(23(30)31)14-5-6-16(17(26)11-14)24(9-4-10-24)27-22(29)19-12-15-18(28(19)2)7-8-20(32-3)21(15)25/h5-8,11-13H,4,9-10H2,1-3H3,(H,27,29)(H,30,31). The summed E-state index contributed by atoms with van der Waals surface area (Å²) in [5.74, 6) is -2.16. The Kier molecular flexibility index (Phi) is 5.63. The van der Waals surface area contributed by atoms with E-state index in [0.29, 0.717) is 45.8 Å². The highest BCUT2D eigenvalue weighted by molar-refractivity contribution is 6.37. The third-order valence-corrected chi connectivity index (χ3v) is 6.91. The summed E-state index contributed by atoms with van der Waals surface area (Å²) >= 11 is 6.42. The lowest BCUT2D eigenvalue weighted by atomic mass is 9.71. The molecular weight excluding hydrogens is 435 g/mol. The molecule has 0 spiro atoms. The molecule has 1 aromatic heterocycles. The molecule has 1 fully saturated rings. The summed E-state index contributed by atoms with van der Waals surface area (Å²) in [5, 5.41) is 13.3. The zero-order valence-electron chi connectivity index (χ0n) is 18.0. The molecule has 0 aliphatic heterocycles. The number of nitrogens with zero attached hydrogens (tertiary/aromatic N) is 1. The van der Waals surface area contributed by atoms with Crippen molar-refractivity contribution in [3.63, 3.8) is 0 Å². The number of methoxy groups -OCH3 is 1.